The summed E-state index contributed by atoms with van der Waals surface area (Å²) < 4.78 is 10.7. The molecule has 0 radical (unpaired) electrons. The predicted octanol–water partition coefficient (Wildman–Crippen LogP) is 2.45. The van der Waals surface area contributed by atoms with Gasteiger partial charge in [0, 0.05) is 14.0 Å². The summed E-state index contributed by atoms with van der Waals surface area (Å²) in [5.41, 5.74) is 0.761. The summed E-state index contributed by atoms with van der Waals surface area (Å²) in [6, 6.07) is 5.06. The highest BCUT2D eigenvalue weighted by Crippen LogP contribution is 2.34. The van der Waals surface area contributed by atoms with Crippen molar-refractivity contribution in [2.45, 2.75) is 6.92 Å². The summed E-state index contributed by atoms with van der Waals surface area (Å²) in [5.74, 6) is 0.206. The predicted molar refractivity (Wildman–Crippen MR) is 85.2 cm³/mol. The summed E-state index contributed by atoms with van der Waals surface area (Å²) >= 11 is 6.32. The largest absolute Gasteiger partial charge is 0.493 e. The van der Waals surface area contributed by atoms with E-state index < -0.39 is 5.97 Å². The zero-order valence-electron chi connectivity index (χ0n) is 11.7. The fourth-order valence-electron chi connectivity index (χ4n) is 1.71. The molecule has 5 nitrogen and oxygen atoms in total. The molecule has 0 bridgehead atoms. The molecular formula is C14H13NO4S2. The number of likely N-dealkylation sites (N-methyl/N-ethyl adjacent to an activating group) is 1. The van der Waals surface area contributed by atoms with E-state index in [9.17, 15) is 9.59 Å². The van der Waals surface area contributed by atoms with Crippen molar-refractivity contribution in [2.75, 3.05) is 14.2 Å². The molecule has 1 saturated heterocycles. The summed E-state index contributed by atoms with van der Waals surface area (Å²) in [5, 5.41) is 0. The molecular weight excluding hydrogens is 310 g/mol. The summed E-state index contributed by atoms with van der Waals surface area (Å²) in [6.07, 6.45) is 1.73. The van der Waals surface area contributed by atoms with Gasteiger partial charge < -0.3 is 9.47 Å². The number of carbonyl (C=O) groups excluding carboxylic acids is 2. The van der Waals surface area contributed by atoms with Gasteiger partial charge in [0.05, 0.1) is 12.0 Å². The number of benzene rings is 1. The Labute approximate surface area is 131 Å². The van der Waals surface area contributed by atoms with E-state index in [1.165, 1.54) is 30.7 Å². The third-order valence-corrected chi connectivity index (χ3v) is 4.21. The average molecular weight is 323 g/mol. The Bertz CT molecular complexity index is 654. The lowest BCUT2D eigenvalue weighted by atomic mass is 10.2. The van der Waals surface area contributed by atoms with E-state index in [0.717, 1.165) is 5.56 Å². The van der Waals surface area contributed by atoms with Crippen LogP contribution in [0.1, 0.15) is 12.5 Å². The third kappa shape index (κ3) is 3.43. The number of methoxy groups -OCH3 is 1. The number of amides is 1. The van der Waals surface area contributed by atoms with E-state index in [-0.39, 0.29) is 5.91 Å². The van der Waals surface area contributed by atoms with E-state index in [4.69, 9.17) is 21.7 Å². The first-order valence-corrected chi connectivity index (χ1v) is 7.23. The number of hydrogen-bond donors (Lipinski definition) is 0. The van der Waals surface area contributed by atoms with Gasteiger partial charge in [0.2, 0.25) is 0 Å². The molecule has 1 fully saturated rings. The molecule has 0 N–H and O–H groups in total. The Morgan fingerprint density at radius 1 is 1.38 bits per heavy atom. The number of ether oxygens (including phenoxy) is 2. The second-order valence-corrected chi connectivity index (χ2v) is 5.92. The number of hydrogen-bond acceptors (Lipinski definition) is 6. The molecule has 0 aromatic heterocycles. The van der Waals surface area contributed by atoms with Crippen molar-refractivity contribution >= 4 is 46.3 Å². The number of carbonyl (C=O) groups is 2. The molecule has 1 aliphatic heterocycles. The van der Waals surface area contributed by atoms with Crippen LogP contribution in [-0.4, -0.2) is 35.3 Å². The molecule has 1 aromatic carbocycles. The molecule has 1 heterocycles. The maximum atomic E-state index is 11.9. The summed E-state index contributed by atoms with van der Waals surface area (Å²) in [6.45, 7) is 1.32. The van der Waals surface area contributed by atoms with Crippen LogP contribution in [-0.2, 0) is 9.59 Å². The summed E-state index contributed by atoms with van der Waals surface area (Å²) in [4.78, 5) is 24.9. The van der Waals surface area contributed by atoms with Crippen molar-refractivity contribution in [3.63, 3.8) is 0 Å². The standard InChI is InChI=1S/C14H13NO4S2/c1-8(16)19-10-5-4-9(6-11(10)18-3)7-12-13(17)15(2)14(20)21-12/h4-7H,1-3H3/b12-7+. The lowest BCUT2D eigenvalue weighted by molar-refractivity contribution is -0.132. The second kappa shape index (κ2) is 6.28. The highest BCUT2D eigenvalue weighted by molar-refractivity contribution is 8.26. The van der Waals surface area contributed by atoms with Crippen molar-refractivity contribution in [1.82, 2.24) is 4.90 Å². The SMILES string of the molecule is COc1cc(/C=C2/SC(=S)N(C)C2=O)ccc1OC(C)=O. The number of nitrogens with zero attached hydrogens (tertiary/aromatic N) is 1. The van der Waals surface area contributed by atoms with Crippen molar-refractivity contribution in [2.24, 2.45) is 0 Å². The lowest BCUT2D eigenvalue weighted by Gasteiger charge is -2.08. The van der Waals surface area contributed by atoms with E-state index in [1.807, 2.05) is 0 Å². The van der Waals surface area contributed by atoms with Crippen molar-refractivity contribution in [3.05, 3.63) is 28.7 Å². The molecule has 1 aromatic rings. The molecule has 7 heteroatoms. The van der Waals surface area contributed by atoms with Gasteiger partial charge >= 0.3 is 5.97 Å². The molecule has 0 unspecified atom stereocenters. The van der Waals surface area contributed by atoms with Crippen LogP contribution in [0.3, 0.4) is 0 Å². The van der Waals surface area contributed by atoms with Crippen molar-refractivity contribution in [1.29, 1.82) is 0 Å². The van der Waals surface area contributed by atoms with Gasteiger partial charge in [0.15, 0.2) is 11.5 Å². The first-order valence-electron chi connectivity index (χ1n) is 6.00. The van der Waals surface area contributed by atoms with E-state index in [1.54, 1.807) is 31.3 Å². The molecule has 2 rings (SSSR count). The second-order valence-electron chi connectivity index (χ2n) is 4.24. The fraction of sp³-hybridized carbons (Fsp3) is 0.214. The van der Waals surface area contributed by atoms with Crippen LogP contribution < -0.4 is 9.47 Å². The third-order valence-electron chi connectivity index (χ3n) is 2.73. The van der Waals surface area contributed by atoms with Crippen molar-refractivity contribution in [3.8, 4) is 11.5 Å². The minimum absolute atomic E-state index is 0.131. The quantitative estimate of drug-likeness (QED) is 0.369. The average Bonchev–Trinajstić information content (AvgIpc) is 2.67. The topological polar surface area (TPSA) is 55.8 Å². The van der Waals surface area contributed by atoms with Crippen LogP contribution in [0.25, 0.3) is 6.08 Å². The van der Waals surface area contributed by atoms with Crippen LogP contribution in [0.5, 0.6) is 11.5 Å². The van der Waals surface area contributed by atoms with Crippen LogP contribution >= 0.6 is 24.0 Å². The van der Waals surface area contributed by atoms with E-state index in [0.29, 0.717) is 20.7 Å². The smallest absolute Gasteiger partial charge is 0.308 e. The highest BCUT2D eigenvalue weighted by atomic mass is 32.2. The molecule has 21 heavy (non-hydrogen) atoms. The Balaban J connectivity index is 2.32. The maximum absolute atomic E-state index is 11.9. The monoisotopic (exact) mass is 323 g/mol. The first-order chi connectivity index (χ1) is 9.92. The number of thioether (sulfide) groups is 1. The Morgan fingerprint density at radius 3 is 2.62 bits per heavy atom. The van der Waals surface area contributed by atoms with Gasteiger partial charge in [-0.25, -0.2) is 0 Å². The van der Waals surface area contributed by atoms with E-state index in [2.05, 4.69) is 0 Å². The first kappa shape index (κ1) is 15.5. The maximum Gasteiger partial charge on any atom is 0.308 e. The summed E-state index contributed by atoms with van der Waals surface area (Å²) in [7, 11) is 3.13. The normalized spacial score (nSPS) is 16.5. The van der Waals surface area contributed by atoms with Gasteiger partial charge in [-0.2, -0.15) is 0 Å². The molecule has 0 atom stereocenters. The van der Waals surface area contributed by atoms with Gasteiger partial charge in [-0.3, -0.25) is 14.5 Å². The number of rotatable bonds is 3. The molecule has 0 spiro atoms. The van der Waals surface area contributed by atoms with Gasteiger partial charge in [0.1, 0.15) is 4.32 Å². The van der Waals surface area contributed by atoms with Crippen molar-refractivity contribution < 1.29 is 19.1 Å². The molecule has 0 aliphatic carbocycles. The lowest BCUT2D eigenvalue weighted by Crippen LogP contribution is -2.22. The molecule has 1 amide bonds. The van der Waals surface area contributed by atoms with Crippen LogP contribution in [0.2, 0.25) is 0 Å². The minimum Gasteiger partial charge on any atom is -0.493 e. The van der Waals surface area contributed by atoms with E-state index >= 15 is 0 Å². The van der Waals surface area contributed by atoms with Crippen LogP contribution in [0.4, 0.5) is 0 Å². The van der Waals surface area contributed by atoms with Gasteiger partial charge in [-0.15, -0.1) is 0 Å². The number of esters is 1. The molecule has 110 valence electrons. The Morgan fingerprint density at radius 2 is 2.10 bits per heavy atom. The van der Waals surface area contributed by atoms with Gasteiger partial charge in [-0.1, -0.05) is 30.0 Å². The van der Waals surface area contributed by atoms with Gasteiger partial charge in [-0.05, 0) is 23.8 Å². The zero-order valence-corrected chi connectivity index (χ0v) is 13.3. The molecule has 0 saturated carbocycles. The van der Waals surface area contributed by atoms with Crippen LogP contribution in [0.15, 0.2) is 23.1 Å². The fourth-order valence-corrected chi connectivity index (χ4v) is 2.89. The minimum atomic E-state index is -0.423. The Kier molecular flexibility index (Phi) is 4.64. The van der Waals surface area contributed by atoms with Gasteiger partial charge in [0.25, 0.3) is 5.91 Å². The highest BCUT2D eigenvalue weighted by Gasteiger charge is 2.28. The number of thiocarbonyl (C=S) groups is 1. The zero-order chi connectivity index (χ0) is 15.6. The van der Waals surface area contributed by atoms with Crippen LogP contribution in [0, 0.1) is 0 Å². The molecule has 1 aliphatic rings. The Hall–Kier alpha value is -1.86.